The number of nitrogens with one attached hydrogen (secondary N) is 1. The van der Waals surface area contributed by atoms with Gasteiger partial charge in [-0.15, -0.1) is 0 Å². The molecular weight excluding hydrogens is 468 g/mol. The smallest absolute Gasteiger partial charge is 0.337 e. The third kappa shape index (κ3) is 6.08. The standard InChI is InChI=1S/C22H26N2O11/c1-10-16(21(30)34-3)18(12-5-4-6-13(7-12)24(32)33)17(11(2)23-10)22(31)35-9-15(27)20(29)19(28)14(26)8-25/h4-7,14,18-20,23,25-26,28-29H,8-9H2,1-3H3/t14-,18?,19-,20-/m1/s1. The lowest BCUT2D eigenvalue weighted by Crippen LogP contribution is -2.45. The molecule has 0 bridgehead atoms. The summed E-state index contributed by atoms with van der Waals surface area (Å²) >= 11 is 0. The Balaban J connectivity index is 2.42. The van der Waals surface area contributed by atoms with Gasteiger partial charge in [-0.25, -0.2) is 9.59 Å². The van der Waals surface area contributed by atoms with Crippen LogP contribution < -0.4 is 5.32 Å². The Labute approximate surface area is 199 Å². The quantitative estimate of drug-likeness (QED) is 0.154. The van der Waals surface area contributed by atoms with Crippen LogP contribution in [-0.4, -0.2) is 81.7 Å². The van der Waals surface area contributed by atoms with Crippen molar-refractivity contribution in [3.8, 4) is 0 Å². The van der Waals surface area contributed by atoms with E-state index in [-0.39, 0.29) is 28.1 Å². The third-order valence-corrected chi connectivity index (χ3v) is 5.38. The number of carbonyl (C=O) groups excluding carboxylic acids is 3. The fraction of sp³-hybridized carbons (Fsp3) is 0.409. The van der Waals surface area contributed by atoms with Crippen LogP contribution in [0.2, 0.25) is 0 Å². The van der Waals surface area contributed by atoms with Gasteiger partial charge >= 0.3 is 11.9 Å². The average Bonchev–Trinajstić information content (AvgIpc) is 2.84. The molecule has 1 unspecified atom stereocenters. The second-order valence-electron chi connectivity index (χ2n) is 7.71. The third-order valence-electron chi connectivity index (χ3n) is 5.38. The topological polar surface area (TPSA) is 206 Å². The van der Waals surface area contributed by atoms with Crippen molar-refractivity contribution in [2.45, 2.75) is 38.1 Å². The molecule has 2 rings (SSSR count). The molecule has 1 aliphatic rings. The number of hydrogen-bond acceptors (Lipinski definition) is 12. The zero-order valence-corrected chi connectivity index (χ0v) is 19.1. The summed E-state index contributed by atoms with van der Waals surface area (Å²) < 4.78 is 9.85. The van der Waals surface area contributed by atoms with Crippen molar-refractivity contribution in [3.63, 3.8) is 0 Å². The van der Waals surface area contributed by atoms with Gasteiger partial charge < -0.3 is 35.2 Å². The van der Waals surface area contributed by atoms with E-state index in [4.69, 9.17) is 14.6 Å². The summed E-state index contributed by atoms with van der Waals surface area (Å²) in [6.07, 6.45) is -5.96. The van der Waals surface area contributed by atoms with Crippen molar-refractivity contribution in [2.75, 3.05) is 20.3 Å². The van der Waals surface area contributed by atoms with Crippen LogP contribution in [0.1, 0.15) is 25.3 Å². The number of nitro benzene ring substituents is 1. The van der Waals surface area contributed by atoms with E-state index in [9.17, 15) is 39.8 Å². The predicted octanol–water partition coefficient (Wildman–Crippen LogP) is -0.810. The lowest BCUT2D eigenvalue weighted by molar-refractivity contribution is -0.384. The first-order valence-electron chi connectivity index (χ1n) is 10.3. The molecule has 0 saturated carbocycles. The van der Waals surface area contributed by atoms with Crippen molar-refractivity contribution >= 4 is 23.4 Å². The van der Waals surface area contributed by atoms with Crippen molar-refractivity contribution in [3.05, 3.63) is 62.5 Å². The van der Waals surface area contributed by atoms with E-state index < -0.39 is 60.1 Å². The Morgan fingerprint density at radius 1 is 1.11 bits per heavy atom. The fourth-order valence-corrected chi connectivity index (χ4v) is 3.61. The molecule has 1 aromatic rings. The van der Waals surface area contributed by atoms with Crippen LogP contribution in [0.4, 0.5) is 5.69 Å². The molecule has 5 N–H and O–H groups in total. The van der Waals surface area contributed by atoms with E-state index in [0.717, 1.165) is 7.11 Å². The number of aliphatic hydroxyl groups excluding tert-OH is 4. The second-order valence-corrected chi connectivity index (χ2v) is 7.71. The SMILES string of the molecule is COC(=O)C1=C(C)NC(C)=C(C(=O)OCC(=O)[C@@H](O)[C@H](O)[C@H](O)CO)C1c1cccc([N+](=O)[O-])c1. The Morgan fingerprint density at radius 2 is 1.71 bits per heavy atom. The van der Waals surface area contributed by atoms with Crippen LogP contribution >= 0.6 is 0 Å². The first-order valence-corrected chi connectivity index (χ1v) is 10.3. The molecule has 1 heterocycles. The van der Waals surface area contributed by atoms with E-state index in [0.29, 0.717) is 5.70 Å². The Morgan fingerprint density at radius 3 is 2.26 bits per heavy atom. The van der Waals surface area contributed by atoms with Gasteiger partial charge in [-0.05, 0) is 19.4 Å². The number of ketones is 1. The summed E-state index contributed by atoms with van der Waals surface area (Å²) in [5.74, 6) is -4.21. The molecule has 4 atom stereocenters. The molecule has 0 radical (unpaired) electrons. The van der Waals surface area contributed by atoms with E-state index in [1.165, 1.54) is 31.2 Å². The monoisotopic (exact) mass is 494 g/mol. The molecule has 0 fully saturated rings. The van der Waals surface area contributed by atoms with Crippen molar-refractivity contribution < 1.29 is 49.2 Å². The number of rotatable bonds is 10. The number of nitro groups is 1. The highest BCUT2D eigenvalue weighted by atomic mass is 16.6. The maximum absolute atomic E-state index is 13.0. The Bertz CT molecular complexity index is 1080. The summed E-state index contributed by atoms with van der Waals surface area (Å²) in [6, 6.07) is 5.28. The van der Waals surface area contributed by atoms with Gasteiger partial charge in [-0.3, -0.25) is 14.9 Å². The number of ether oxygens (including phenoxy) is 2. The van der Waals surface area contributed by atoms with Gasteiger partial charge in [0, 0.05) is 23.5 Å². The Hall–Kier alpha value is -3.65. The molecule has 0 saturated heterocycles. The zero-order valence-electron chi connectivity index (χ0n) is 19.1. The summed E-state index contributed by atoms with van der Waals surface area (Å²) in [5.41, 5.74) is 0.325. The van der Waals surface area contributed by atoms with Crippen LogP contribution in [0.25, 0.3) is 0 Å². The van der Waals surface area contributed by atoms with Crippen molar-refractivity contribution in [2.24, 2.45) is 0 Å². The minimum absolute atomic E-state index is 0.0154. The average molecular weight is 494 g/mol. The number of dihydropyridines is 1. The largest absolute Gasteiger partial charge is 0.466 e. The number of benzene rings is 1. The van der Waals surface area contributed by atoms with Crippen LogP contribution in [0.15, 0.2) is 46.8 Å². The van der Waals surface area contributed by atoms with Crippen LogP contribution in [0, 0.1) is 10.1 Å². The molecule has 0 aliphatic carbocycles. The molecule has 35 heavy (non-hydrogen) atoms. The van der Waals surface area contributed by atoms with E-state index >= 15 is 0 Å². The number of esters is 2. The minimum atomic E-state index is -2.15. The molecule has 190 valence electrons. The molecule has 1 aromatic carbocycles. The highest BCUT2D eigenvalue weighted by Crippen LogP contribution is 2.40. The number of aliphatic hydroxyl groups is 4. The van der Waals surface area contributed by atoms with Gasteiger partial charge in [-0.1, -0.05) is 12.1 Å². The molecule has 0 spiro atoms. The van der Waals surface area contributed by atoms with Crippen molar-refractivity contribution in [1.82, 2.24) is 5.32 Å². The van der Waals surface area contributed by atoms with Crippen LogP contribution in [0.3, 0.4) is 0 Å². The summed E-state index contributed by atoms with van der Waals surface area (Å²) in [5, 5.41) is 51.9. The number of Topliss-reactive ketones (excluding diaryl/α,β-unsaturated/α-hetero) is 1. The molecule has 13 nitrogen and oxygen atoms in total. The van der Waals surface area contributed by atoms with Gasteiger partial charge in [0.25, 0.3) is 5.69 Å². The molecule has 13 heteroatoms. The van der Waals surface area contributed by atoms with Gasteiger partial charge in [-0.2, -0.15) is 0 Å². The summed E-state index contributed by atoms with van der Waals surface area (Å²) in [4.78, 5) is 48.4. The van der Waals surface area contributed by atoms with Gasteiger partial charge in [0.2, 0.25) is 5.78 Å². The maximum Gasteiger partial charge on any atom is 0.337 e. The van der Waals surface area contributed by atoms with E-state index in [2.05, 4.69) is 5.32 Å². The van der Waals surface area contributed by atoms with Crippen molar-refractivity contribution in [1.29, 1.82) is 0 Å². The minimum Gasteiger partial charge on any atom is -0.466 e. The molecule has 1 aliphatic heterocycles. The lowest BCUT2D eigenvalue weighted by atomic mass is 9.80. The molecular formula is C22H26N2O11. The summed E-state index contributed by atoms with van der Waals surface area (Å²) in [7, 11) is 1.13. The Kier molecular flexibility index (Phi) is 9.19. The number of non-ortho nitro benzene ring substituents is 1. The van der Waals surface area contributed by atoms with Gasteiger partial charge in [0.05, 0.1) is 35.7 Å². The summed E-state index contributed by atoms with van der Waals surface area (Å²) in [6.45, 7) is 1.12. The van der Waals surface area contributed by atoms with Crippen LogP contribution in [-0.2, 0) is 23.9 Å². The van der Waals surface area contributed by atoms with Gasteiger partial charge in [0.15, 0.2) is 6.61 Å². The lowest BCUT2D eigenvalue weighted by Gasteiger charge is -2.30. The molecule has 0 amide bonds. The molecule has 0 aromatic heterocycles. The zero-order chi connectivity index (χ0) is 26.4. The highest BCUT2D eigenvalue weighted by Gasteiger charge is 2.39. The van der Waals surface area contributed by atoms with Crippen LogP contribution in [0.5, 0.6) is 0 Å². The first kappa shape index (κ1) is 27.6. The number of methoxy groups -OCH3 is 1. The first-order chi connectivity index (χ1) is 16.4. The predicted molar refractivity (Wildman–Crippen MR) is 117 cm³/mol. The number of hydrogen-bond donors (Lipinski definition) is 5. The highest BCUT2D eigenvalue weighted by molar-refractivity contribution is 6.00. The number of allylic oxidation sites excluding steroid dienone is 2. The second kappa shape index (κ2) is 11.7. The van der Waals surface area contributed by atoms with E-state index in [1.807, 2.05) is 0 Å². The fourth-order valence-electron chi connectivity index (χ4n) is 3.61. The number of nitrogens with zero attached hydrogens (tertiary/aromatic N) is 1. The van der Waals surface area contributed by atoms with Gasteiger partial charge in [0.1, 0.15) is 18.3 Å². The maximum atomic E-state index is 13.0. The van der Waals surface area contributed by atoms with E-state index in [1.54, 1.807) is 6.92 Å². The number of carbonyl (C=O) groups is 3. The normalized spacial score (nSPS) is 18.3.